The first-order valence-electron chi connectivity index (χ1n) is 6.15. The molecule has 0 bridgehead atoms. The van der Waals surface area contributed by atoms with Crippen molar-refractivity contribution in [3.05, 3.63) is 27.9 Å². The van der Waals surface area contributed by atoms with Gasteiger partial charge in [-0.25, -0.2) is 4.98 Å². The van der Waals surface area contributed by atoms with Crippen molar-refractivity contribution in [3.8, 4) is 0 Å². The molecule has 1 aliphatic carbocycles. The van der Waals surface area contributed by atoms with E-state index >= 15 is 0 Å². The second kappa shape index (κ2) is 4.82. The number of Topliss-reactive ketones (excluding diaryl/α,β-unsaturated/α-hetero) is 1. The molecule has 0 saturated heterocycles. The first-order valence-corrected chi connectivity index (χ1v) is 6.15. The number of carbonyl (C=O) groups excluding carboxylic acids is 1. The fourth-order valence-electron chi connectivity index (χ4n) is 2.51. The van der Waals surface area contributed by atoms with E-state index in [2.05, 4.69) is 4.98 Å². The van der Waals surface area contributed by atoms with Gasteiger partial charge in [0.25, 0.3) is 5.56 Å². The van der Waals surface area contributed by atoms with E-state index in [9.17, 15) is 9.59 Å². The van der Waals surface area contributed by atoms with Gasteiger partial charge in [0.15, 0.2) is 0 Å². The van der Waals surface area contributed by atoms with Crippen molar-refractivity contribution in [3.63, 3.8) is 0 Å². The highest BCUT2D eigenvalue weighted by Crippen LogP contribution is 2.24. The fourth-order valence-corrected chi connectivity index (χ4v) is 2.51. The quantitative estimate of drug-likeness (QED) is 0.798. The van der Waals surface area contributed by atoms with Gasteiger partial charge in [-0.05, 0) is 33.1 Å². The zero-order chi connectivity index (χ0) is 12.4. The van der Waals surface area contributed by atoms with Gasteiger partial charge in [0.2, 0.25) is 0 Å². The molecule has 2 rings (SSSR count). The second-order valence-corrected chi connectivity index (χ2v) is 4.78. The monoisotopic (exact) mass is 234 g/mol. The molecule has 1 saturated carbocycles. The van der Waals surface area contributed by atoms with Crippen molar-refractivity contribution < 1.29 is 4.79 Å². The zero-order valence-corrected chi connectivity index (χ0v) is 10.4. The topological polar surface area (TPSA) is 52.0 Å². The summed E-state index contributed by atoms with van der Waals surface area (Å²) in [5.74, 6) is 1.25. The summed E-state index contributed by atoms with van der Waals surface area (Å²) in [7, 11) is 0. The van der Waals surface area contributed by atoms with Crippen LogP contribution in [0.25, 0.3) is 0 Å². The van der Waals surface area contributed by atoms with Gasteiger partial charge in [-0.15, -0.1) is 0 Å². The summed E-state index contributed by atoms with van der Waals surface area (Å²) in [5.41, 5.74) is 0.737. The summed E-state index contributed by atoms with van der Waals surface area (Å²) >= 11 is 0. The molecule has 0 amide bonds. The lowest BCUT2D eigenvalue weighted by atomic mass is 10.0. The SMILES string of the molecule is Cc1cc(=O)n(CCC2CCCC2=O)c(C)n1. The molecule has 1 fully saturated rings. The van der Waals surface area contributed by atoms with E-state index in [-0.39, 0.29) is 11.5 Å². The highest BCUT2D eigenvalue weighted by molar-refractivity contribution is 5.82. The average Bonchev–Trinajstić information content (AvgIpc) is 2.62. The van der Waals surface area contributed by atoms with E-state index in [1.807, 2.05) is 13.8 Å². The normalized spacial score (nSPS) is 19.9. The van der Waals surface area contributed by atoms with Crippen LogP contribution in [0.1, 0.15) is 37.2 Å². The average molecular weight is 234 g/mol. The largest absolute Gasteiger partial charge is 0.299 e. The number of nitrogens with zero attached hydrogens (tertiary/aromatic N) is 2. The highest BCUT2D eigenvalue weighted by Gasteiger charge is 2.24. The molecule has 1 aliphatic rings. The van der Waals surface area contributed by atoms with Crippen molar-refractivity contribution >= 4 is 5.78 Å². The zero-order valence-electron chi connectivity index (χ0n) is 10.4. The molecular weight excluding hydrogens is 216 g/mol. The van der Waals surface area contributed by atoms with Crippen LogP contribution >= 0.6 is 0 Å². The molecule has 4 nitrogen and oxygen atoms in total. The molecule has 0 spiro atoms. The van der Waals surface area contributed by atoms with Crippen molar-refractivity contribution in [2.75, 3.05) is 0 Å². The van der Waals surface area contributed by atoms with E-state index in [0.717, 1.165) is 30.8 Å². The standard InChI is InChI=1S/C13H18N2O2/c1-9-8-13(17)15(10(2)14-9)7-6-11-4-3-5-12(11)16/h8,11H,3-7H2,1-2H3. The summed E-state index contributed by atoms with van der Waals surface area (Å²) in [4.78, 5) is 27.6. The number of hydrogen-bond donors (Lipinski definition) is 0. The van der Waals surface area contributed by atoms with Crippen LogP contribution in [0.3, 0.4) is 0 Å². The molecular formula is C13H18N2O2. The van der Waals surface area contributed by atoms with Gasteiger partial charge in [0.05, 0.1) is 0 Å². The number of carbonyl (C=O) groups is 1. The van der Waals surface area contributed by atoms with E-state index in [4.69, 9.17) is 0 Å². The lowest BCUT2D eigenvalue weighted by Gasteiger charge is -2.12. The third-order valence-electron chi connectivity index (χ3n) is 3.46. The maximum absolute atomic E-state index is 11.8. The van der Waals surface area contributed by atoms with Crippen molar-refractivity contribution in [1.82, 2.24) is 9.55 Å². The van der Waals surface area contributed by atoms with Gasteiger partial charge < -0.3 is 0 Å². The molecule has 4 heteroatoms. The lowest BCUT2D eigenvalue weighted by Crippen LogP contribution is -2.25. The van der Waals surface area contributed by atoms with E-state index < -0.39 is 0 Å². The van der Waals surface area contributed by atoms with Crippen molar-refractivity contribution in [2.24, 2.45) is 5.92 Å². The van der Waals surface area contributed by atoms with Gasteiger partial charge in [-0.2, -0.15) is 0 Å². The maximum atomic E-state index is 11.8. The maximum Gasteiger partial charge on any atom is 0.253 e. The molecule has 0 radical (unpaired) electrons. The molecule has 1 unspecified atom stereocenters. The number of hydrogen-bond acceptors (Lipinski definition) is 3. The smallest absolute Gasteiger partial charge is 0.253 e. The number of aromatic nitrogens is 2. The summed E-state index contributed by atoms with van der Waals surface area (Å²) in [5, 5.41) is 0. The molecule has 17 heavy (non-hydrogen) atoms. The Morgan fingerprint density at radius 3 is 2.76 bits per heavy atom. The Balaban J connectivity index is 2.09. The Morgan fingerprint density at radius 1 is 1.41 bits per heavy atom. The Morgan fingerprint density at radius 2 is 2.18 bits per heavy atom. The molecule has 1 aromatic rings. The van der Waals surface area contributed by atoms with E-state index in [1.165, 1.54) is 0 Å². The van der Waals surface area contributed by atoms with Crippen molar-refractivity contribution in [1.29, 1.82) is 0 Å². The van der Waals surface area contributed by atoms with E-state index in [1.54, 1.807) is 10.6 Å². The van der Waals surface area contributed by atoms with Gasteiger partial charge in [-0.1, -0.05) is 0 Å². The van der Waals surface area contributed by atoms with Crippen LogP contribution in [0.4, 0.5) is 0 Å². The van der Waals surface area contributed by atoms with Gasteiger partial charge in [-0.3, -0.25) is 14.2 Å². The van der Waals surface area contributed by atoms with Gasteiger partial charge >= 0.3 is 0 Å². The molecule has 1 atom stereocenters. The van der Waals surface area contributed by atoms with Crippen LogP contribution in [0.15, 0.2) is 10.9 Å². The third kappa shape index (κ3) is 2.62. The molecule has 1 aromatic heterocycles. The predicted molar refractivity (Wildman–Crippen MR) is 64.9 cm³/mol. The lowest BCUT2D eigenvalue weighted by molar-refractivity contribution is -0.120. The summed E-state index contributed by atoms with van der Waals surface area (Å²) < 4.78 is 1.67. The van der Waals surface area contributed by atoms with Crippen molar-refractivity contribution in [2.45, 2.75) is 46.1 Å². The Kier molecular flexibility index (Phi) is 3.41. The fraction of sp³-hybridized carbons (Fsp3) is 0.615. The predicted octanol–water partition coefficient (Wildman–Crippen LogP) is 1.62. The highest BCUT2D eigenvalue weighted by atomic mass is 16.1. The van der Waals surface area contributed by atoms with Crippen LogP contribution in [-0.2, 0) is 11.3 Å². The first kappa shape index (κ1) is 12.0. The van der Waals surface area contributed by atoms with Gasteiger partial charge in [0, 0.05) is 30.6 Å². The molecule has 0 aromatic carbocycles. The Hall–Kier alpha value is -1.45. The summed E-state index contributed by atoms with van der Waals surface area (Å²) in [6.45, 7) is 4.26. The van der Waals surface area contributed by atoms with Crippen LogP contribution in [0, 0.1) is 19.8 Å². The van der Waals surface area contributed by atoms with E-state index in [0.29, 0.717) is 18.7 Å². The summed E-state index contributed by atoms with van der Waals surface area (Å²) in [6, 6.07) is 1.55. The van der Waals surface area contributed by atoms with Crippen LogP contribution in [-0.4, -0.2) is 15.3 Å². The van der Waals surface area contributed by atoms with Crippen LogP contribution in [0.2, 0.25) is 0 Å². The number of ketones is 1. The third-order valence-corrected chi connectivity index (χ3v) is 3.46. The molecule has 1 heterocycles. The second-order valence-electron chi connectivity index (χ2n) is 4.78. The number of rotatable bonds is 3. The minimum absolute atomic E-state index is 0.0135. The molecule has 92 valence electrons. The minimum Gasteiger partial charge on any atom is -0.299 e. The summed E-state index contributed by atoms with van der Waals surface area (Å²) in [6.07, 6.45) is 3.46. The van der Waals surface area contributed by atoms with Crippen LogP contribution in [0.5, 0.6) is 0 Å². The molecule has 0 aliphatic heterocycles. The Bertz CT molecular complexity index is 491. The first-order chi connectivity index (χ1) is 8.08. The molecule has 0 N–H and O–H groups in total. The Labute approximate surface area is 101 Å². The minimum atomic E-state index is -0.0135. The van der Waals surface area contributed by atoms with Gasteiger partial charge in [0.1, 0.15) is 11.6 Å². The number of aryl methyl sites for hydroxylation is 2. The van der Waals surface area contributed by atoms with Crippen LogP contribution < -0.4 is 5.56 Å².